The summed E-state index contributed by atoms with van der Waals surface area (Å²) in [6, 6.07) is 7.34. The molecule has 0 radical (unpaired) electrons. The number of hydrogen-bond donors (Lipinski definition) is 1. The molecule has 4 rings (SSSR count). The monoisotopic (exact) mass is 537 g/mol. The van der Waals surface area contributed by atoms with E-state index < -0.39 is 11.6 Å². The smallest absolute Gasteiger partial charge is 0.335 e. The molecular weight excluding hydrogens is 486 g/mol. The van der Waals surface area contributed by atoms with Crippen molar-refractivity contribution >= 4 is 17.7 Å². The van der Waals surface area contributed by atoms with Crippen molar-refractivity contribution in [1.29, 1.82) is 0 Å². The van der Waals surface area contributed by atoms with Crippen molar-refractivity contribution in [2.75, 3.05) is 6.54 Å². The predicted octanol–water partition coefficient (Wildman–Crippen LogP) is 7.55. The molecule has 1 aliphatic carbocycles. The van der Waals surface area contributed by atoms with Crippen LogP contribution in [0.5, 0.6) is 0 Å². The summed E-state index contributed by atoms with van der Waals surface area (Å²) in [4.78, 5) is 36.0. The van der Waals surface area contributed by atoms with E-state index in [1.54, 1.807) is 12.1 Å². The van der Waals surface area contributed by atoms with Gasteiger partial charge in [-0.2, -0.15) is 0 Å². The second-order valence-electron chi connectivity index (χ2n) is 14.8. The van der Waals surface area contributed by atoms with Crippen LogP contribution in [0, 0.1) is 22.7 Å². The number of carboxylic acids is 1. The van der Waals surface area contributed by atoms with E-state index in [1.165, 1.54) is 6.42 Å². The lowest BCUT2D eigenvalue weighted by Gasteiger charge is -2.47. The van der Waals surface area contributed by atoms with Gasteiger partial charge >= 0.3 is 5.97 Å². The van der Waals surface area contributed by atoms with Gasteiger partial charge in [-0.1, -0.05) is 60.6 Å². The Labute approximate surface area is 236 Å². The van der Waals surface area contributed by atoms with Crippen LogP contribution in [0.15, 0.2) is 29.3 Å². The highest BCUT2D eigenvalue weighted by Gasteiger charge is 2.54. The van der Waals surface area contributed by atoms with Gasteiger partial charge in [-0.3, -0.25) is 4.79 Å². The first kappa shape index (κ1) is 29.6. The van der Waals surface area contributed by atoms with Crippen LogP contribution in [0.2, 0.25) is 0 Å². The lowest BCUT2D eigenvalue weighted by atomic mass is 9.69. The number of carboxylic acid groups (broad SMARTS) is 1. The Bertz CT molecular complexity index is 1070. The molecular formula is C33H51N3O3. The highest BCUT2D eigenvalue weighted by molar-refractivity contribution is 6.39. The van der Waals surface area contributed by atoms with Gasteiger partial charge in [0.25, 0.3) is 5.91 Å². The van der Waals surface area contributed by atoms with Crippen LogP contribution in [0.4, 0.5) is 0 Å². The maximum atomic E-state index is 14.6. The number of hydrogen-bond acceptors (Lipinski definition) is 4. The van der Waals surface area contributed by atoms with Crippen molar-refractivity contribution in [2.24, 2.45) is 27.7 Å². The third-order valence-electron chi connectivity index (χ3n) is 9.85. The summed E-state index contributed by atoms with van der Waals surface area (Å²) in [6.45, 7) is 19.1. The lowest BCUT2D eigenvalue weighted by Crippen LogP contribution is -2.53. The maximum absolute atomic E-state index is 14.6. The summed E-state index contributed by atoms with van der Waals surface area (Å²) in [6.07, 6.45) is 7.91. The second kappa shape index (κ2) is 10.9. The molecule has 0 bridgehead atoms. The van der Waals surface area contributed by atoms with Crippen molar-refractivity contribution in [1.82, 2.24) is 9.80 Å². The molecule has 2 fully saturated rings. The Morgan fingerprint density at radius 3 is 2.21 bits per heavy atom. The van der Waals surface area contributed by atoms with Crippen LogP contribution in [-0.2, 0) is 4.79 Å². The van der Waals surface area contributed by atoms with E-state index >= 15 is 0 Å². The van der Waals surface area contributed by atoms with Gasteiger partial charge in [-0.25, -0.2) is 9.79 Å². The summed E-state index contributed by atoms with van der Waals surface area (Å²) < 4.78 is 0. The van der Waals surface area contributed by atoms with E-state index in [9.17, 15) is 14.7 Å². The van der Waals surface area contributed by atoms with Crippen LogP contribution < -0.4 is 0 Å². The highest BCUT2D eigenvalue weighted by atomic mass is 16.4. The summed E-state index contributed by atoms with van der Waals surface area (Å²) in [5.41, 5.74) is 1.08. The fourth-order valence-electron chi connectivity index (χ4n) is 7.01. The van der Waals surface area contributed by atoms with Gasteiger partial charge < -0.3 is 14.9 Å². The van der Waals surface area contributed by atoms with Gasteiger partial charge in [-0.15, -0.1) is 0 Å². The molecule has 2 heterocycles. The van der Waals surface area contributed by atoms with Gasteiger partial charge in [0, 0.05) is 12.6 Å². The quantitative estimate of drug-likeness (QED) is 0.421. The zero-order valence-corrected chi connectivity index (χ0v) is 25.6. The van der Waals surface area contributed by atoms with Crippen LogP contribution in [0.3, 0.4) is 0 Å². The Balaban J connectivity index is 1.77. The average molecular weight is 538 g/mol. The number of aliphatic imine (C=N–C) groups is 1. The molecule has 216 valence electrons. The molecule has 1 spiro atoms. The fraction of sp³-hybridized carbons (Fsp3) is 0.727. The van der Waals surface area contributed by atoms with Crippen molar-refractivity contribution in [3.05, 3.63) is 35.4 Å². The van der Waals surface area contributed by atoms with Crippen LogP contribution >= 0.6 is 0 Å². The topological polar surface area (TPSA) is 73.2 Å². The van der Waals surface area contributed by atoms with Gasteiger partial charge in [0.1, 0.15) is 5.66 Å². The molecule has 1 saturated carbocycles. The molecule has 2 unspecified atom stereocenters. The number of rotatable bonds is 5. The fourth-order valence-corrected chi connectivity index (χ4v) is 7.01. The van der Waals surface area contributed by atoms with Crippen LogP contribution in [-0.4, -0.2) is 50.9 Å². The highest BCUT2D eigenvalue weighted by Crippen LogP contribution is 2.50. The number of amidine groups is 1. The largest absolute Gasteiger partial charge is 0.478 e. The molecule has 1 aromatic rings. The average Bonchev–Trinajstić information content (AvgIpc) is 3.12. The Hall–Kier alpha value is -2.37. The minimum Gasteiger partial charge on any atom is -0.478 e. The third-order valence-corrected chi connectivity index (χ3v) is 9.85. The molecule has 39 heavy (non-hydrogen) atoms. The van der Waals surface area contributed by atoms with Crippen molar-refractivity contribution in [2.45, 2.75) is 125 Å². The lowest BCUT2D eigenvalue weighted by molar-refractivity contribution is -0.134. The van der Waals surface area contributed by atoms with E-state index in [0.717, 1.165) is 57.1 Å². The first-order valence-corrected chi connectivity index (χ1v) is 15.2. The van der Waals surface area contributed by atoms with E-state index in [2.05, 4.69) is 65.2 Å². The minimum absolute atomic E-state index is 0.0615. The Morgan fingerprint density at radius 1 is 1.05 bits per heavy atom. The van der Waals surface area contributed by atoms with E-state index in [-0.39, 0.29) is 34.4 Å². The van der Waals surface area contributed by atoms with Gasteiger partial charge in [0.05, 0.1) is 11.6 Å². The number of carbonyl (C=O) groups excluding carboxylic acids is 1. The molecule has 6 heteroatoms. The Morgan fingerprint density at radius 2 is 1.67 bits per heavy atom. The third kappa shape index (κ3) is 6.20. The van der Waals surface area contributed by atoms with Crippen molar-refractivity contribution < 1.29 is 14.7 Å². The van der Waals surface area contributed by atoms with E-state index in [0.29, 0.717) is 17.7 Å². The molecule has 3 atom stereocenters. The van der Waals surface area contributed by atoms with Crippen LogP contribution in [0.1, 0.15) is 129 Å². The normalized spacial score (nSPS) is 29.1. The molecule has 1 saturated heterocycles. The van der Waals surface area contributed by atoms with E-state index in [4.69, 9.17) is 4.99 Å². The number of amides is 1. The molecule has 3 aliphatic rings. The van der Waals surface area contributed by atoms with E-state index in [1.807, 2.05) is 12.1 Å². The van der Waals surface area contributed by atoms with Gasteiger partial charge in [-0.05, 0) is 98.7 Å². The molecule has 0 aromatic heterocycles. The molecule has 1 N–H and O–H groups in total. The first-order valence-electron chi connectivity index (χ1n) is 15.2. The van der Waals surface area contributed by atoms with Gasteiger partial charge in [0.2, 0.25) is 0 Å². The number of likely N-dealkylation sites (tertiary alicyclic amines) is 1. The summed E-state index contributed by atoms with van der Waals surface area (Å²) in [5, 5.41) is 9.50. The first-order chi connectivity index (χ1) is 18.1. The zero-order valence-electron chi connectivity index (χ0n) is 25.6. The molecule has 1 amide bonds. The predicted molar refractivity (Wildman–Crippen MR) is 158 cm³/mol. The van der Waals surface area contributed by atoms with Crippen molar-refractivity contribution in [3.63, 3.8) is 0 Å². The van der Waals surface area contributed by atoms with Crippen LogP contribution in [0.25, 0.3) is 0 Å². The number of nitrogens with zero attached hydrogens (tertiary/aromatic N) is 3. The molecule has 2 aliphatic heterocycles. The summed E-state index contributed by atoms with van der Waals surface area (Å²) in [7, 11) is 0. The SMILES string of the molecule is CC1CCCN(C2=NC3(CCC(C(C)(C)C)CC3)N([C@H](CCC(C)(C)C)c3ccc(C(=O)O)cc3)C2=O)C1C. The number of benzene rings is 1. The van der Waals surface area contributed by atoms with Gasteiger partial charge in [0.15, 0.2) is 5.84 Å². The number of carbonyl (C=O) groups is 2. The second-order valence-corrected chi connectivity index (χ2v) is 14.8. The summed E-state index contributed by atoms with van der Waals surface area (Å²) in [5.74, 6) is 0.922. The molecule has 6 nitrogen and oxygen atoms in total. The minimum atomic E-state index is -0.930. The number of piperidine rings is 1. The molecule has 1 aromatic carbocycles. The van der Waals surface area contributed by atoms with Crippen molar-refractivity contribution in [3.8, 4) is 0 Å². The number of aromatic carboxylic acids is 1. The maximum Gasteiger partial charge on any atom is 0.335 e. The zero-order chi connectivity index (χ0) is 28.8. The Kier molecular flexibility index (Phi) is 8.27. The summed E-state index contributed by atoms with van der Waals surface area (Å²) >= 11 is 0. The standard InChI is InChI=1S/C33H51N3O3/c1-22-10-9-21-35(23(22)2)28-29(37)36(33(34-28)19-15-26(16-20-33)32(6,7)8)27(17-18-31(3,4)5)24-11-13-25(14-12-24)30(38)39/h11-14,22-23,26-27H,9-10,15-21H2,1-8H3,(H,38,39)/t22?,23?,26?,27-,33?/m1/s1.